The van der Waals surface area contributed by atoms with Crippen molar-refractivity contribution in [3.05, 3.63) is 0 Å². The van der Waals surface area contributed by atoms with Gasteiger partial charge in [-0.05, 0) is 40.5 Å². The van der Waals surface area contributed by atoms with Crippen molar-refractivity contribution in [3.63, 3.8) is 0 Å². The Kier molecular flexibility index (Phi) is 5.25. The number of rotatable bonds is 3. The molecule has 0 aromatic rings. The Morgan fingerprint density at radius 1 is 1.35 bits per heavy atom. The summed E-state index contributed by atoms with van der Waals surface area (Å²) in [6.07, 6.45) is 3.00. The lowest BCUT2D eigenvalue weighted by Crippen LogP contribution is -2.47. The molecule has 0 aromatic carbocycles. The zero-order valence-electron chi connectivity index (χ0n) is 11.6. The van der Waals surface area contributed by atoms with Gasteiger partial charge in [0.1, 0.15) is 0 Å². The quantitative estimate of drug-likeness (QED) is 0.518. The van der Waals surface area contributed by atoms with Gasteiger partial charge in [0, 0.05) is 24.5 Å². The van der Waals surface area contributed by atoms with Gasteiger partial charge in [-0.15, -0.1) is 0 Å². The molecule has 0 bridgehead atoms. The van der Waals surface area contributed by atoms with E-state index in [0.29, 0.717) is 12.5 Å². The smallest absolute Gasteiger partial charge is 0.191 e. The molecule has 0 heterocycles. The average molecular weight is 241 g/mol. The highest BCUT2D eigenvalue weighted by Crippen LogP contribution is 2.25. The van der Waals surface area contributed by atoms with Crippen LogP contribution >= 0.6 is 0 Å². The fraction of sp³-hybridized carbons (Fsp3) is 0.923. The fourth-order valence-electron chi connectivity index (χ4n) is 2.10. The van der Waals surface area contributed by atoms with Crippen LogP contribution in [0, 0.1) is 5.92 Å². The molecule has 3 N–H and O–H groups in total. The Balaban J connectivity index is 2.51. The highest BCUT2D eigenvalue weighted by molar-refractivity contribution is 5.80. The predicted molar refractivity (Wildman–Crippen MR) is 72.2 cm³/mol. The van der Waals surface area contributed by atoms with Crippen molar-refractivity contribution in [1.29, 1.82) is 0 Å². The number of aliphatic hydroxyl groups excluding tert-OH is 1. The van der Waals surface area contributed by atoms with Crippen LogP contribution in [-0.4, -0.2) is 35.8 Å². The number of nitrogens with one attached hydrogen (secondary N) is 2. The summed E-state index contributed by atoms with van der Waals surface area (Å²) in [6.45, 7) is 9.98. The first-order valence-electron chi connectivity index (χ1n) is 6.67. The van der Waals surface area contributed by atoms with E-state index in [0.717, 1.165) is 31.8 Å². The second-order valence-corrected chi connectivity index (χ2v) is 5.85. The number of guanidine groups is 1. The predicted octanol–water partition coefficient (Wildman–Crippen LogP) is 1.50. The van der Waals surface area contributed by atoms with Crippen molar-refractivity contribution in [2.45, 2.75) is 58.6 Å². The van der Waals surface area contributed by atoms with Crippen molar-refractivity contribution in [1.82, 2.24) is 10.6 Å². The number of aliphatic imine (C=N–C) groups is 1. The molecule has 2 atom stereocenters. The van der Waals surface area contributed by atoms with E-state index in [1.54, 1.807) is 0 Å². The first kappa shape index (κ1) is 14.3. The van der Waals surface area contributed by atoms with Crippen LogP contribution in [-0.2, 0) is 0 Å². The Bertz CT molecular complexity index is 258. The molecule has 1 aliphatic rings. The Morgan fingerprint density at radius 2 is 2.06 bits per heavy atom. The topological polar surface area (TPSA) is 56.7 Å². The summed E-state index contributed by atoms with van der Waals surface area (Å²) < 4.78 is 0. The largest absolute Gasteiger partial charge is 0.393 e. The highest BCUT2D eigenvalue weighted by Gasteiger charge is 2.25. The van der Waals surface area contributed by atoms with Gasteiger partial charge in [0.15, 0.2) is 5.96 Å². The SMILES string of the molecule is CCNC(=NCC1CCCC1O)NC(C)(C)C. The molecule has 100 valence electrons. The zero-order valence-corrected chi connectivity index (χ0v) is 11.6. The van der Waals surface area contributed by atoms with E-state index < -0.39 is 0 Å². The van der Waals surface area contributed by atoms with Crippen LogP contribution in [0.1, 0.15) is 47.0 Å². The van der Waals surface area contributed by atoms with Crippen LogP contribution in [0.3, 0.4) is 0 Å². The molecule has 1 aliphatic carbocycles. The van der Waals surface area contributed by atoms with E-state index in [1.165, 1.54) is 0 Å². The second-order valence-electron chi connectivity index (χ2n) is 5.85. The van der Waals surface area contributed by atoms with Gasteiger partial charge in [-0.2, -0.15) is 0 Å². The summed E-state index contributed by atoms with van der Waals surface area (Å²) in [5.74, 6) is 1.18. The molecular formula is C13H27N3O. The first-order chi connectivity index (χ1) is 7.92. The molecule has 0 spiro atoms. The number of aliphatic hydroxyl groups is 1. The lowest BCUT2D eigenvalue weighted by atomic mass is 10.1. The van der Waals surface area contributed by atoms with Crippen LogP contribution < -0.4 is 10.6 Å². The number of hydrogen-bond donors (Lipinski definition) is 3. The molecule has 1 fully saturated rings. The number of hydrogen-bond acceptors (Lipinski definition) is 2. The summed E-state index contributed by atoms with van der Waals surface area (Å²) in [5.41, 5.74) is 0.00922. The van der Waals surface area contributed by atoms with Gasteiger partial charge in [0.05, 0.1) is 6.10 Å². The maximum absolute atomic E-state index is 9.75. The third kappa shape index (κ3) is 5.39. The minimum absolute atomic E-state index is 0.00922. The van der Waals surface area contributed by atoms with Gasteiger partial charge >= 0.3 is 0 Å². The summed E-state index contributed by atoms with van der Waals surface area (Å²) in [7, 11) is 0. The summed E-state index contributed by atoms with van der Waals surface area (Å²) in [6, 6.07) is 0. The molecule has 0 aromatic heterocycles. The molecule has 0 radical (unpaired) electrons. The average Bonchev–Trinajstić information content (AvgIpc) is 2.59. The number of nitrogens with zero attached hydrogens (tertiary/aromatic N) is 1. The van der Waals surface area contributed by atoms with Crippen molar-refractivity contribution >= 4 is 5.96 Å². The monoisotopic (exact) mass is 241 g/mol. The third-order valence-electron chi connectivity index (χ3n) is 2.94. The third-order valence-corrected chi connectivity index (χ3v) is 2.94. The van der Waals surface area contributed by atoms with E-state index in [4.69, 9.17) is 0 Å². The molecule has 4 nitrogen and oxygen atoms in total. The Morgan fingerprint density at radius 3 is 2.53 bits per heavy atom. The van der Waals surface area contributed by atoms with Crippen LogP contribution in [0.4, 0.5) is 0 Å². The maximum Gasteiger partial charge on any atom is 0.191 e. The molecular weight excluding hydrogens is 214 g/mol. The van der Waals surface area contributed by atoms with Gasteiger partial charge in [-0.3, -0.25) is 4.99 Å². The van der Waals surface area contributed by atoms with Gasteiger partial charge in [-0.1, -0.05) is 6.42 Å². The highest BCUT2D eigenvalue weighted by atomic mass is 16.3. The van der Waals surface area contributed by atoms with E-state index >= 15 is 0 Å². The fourth-order valence-corrected chi connectivity index (χ4v) is 2.10. The van der Waals surface area contributed by atoms with Crippen molar-refractivity contribution < 1.29 is 5.11 Å². The van der Waals surface area contributed by atoms with E-state index in [1.807, 2.05) is 0 Å². The van der Waals surface area contributed by atoms with Crippen molar-refractivity contribution in [3.8, 4) is 0 Å². The molecule has 0 aliphatic heterocycles. The van der Waals surface area contributed by atoms with Crippen LogP contribution in [0.25, 0.3) is 0 Å². The molecule has 1 rings (SSSR count). The maximum atomic E-state index is 9.75. The van der Waals surface area contributed by atoms with Gasteiger partial charge < -0.3 is 15.7 Å². The Labute approximate surface area is 105 Å². The molecule has 1 saturated carbocycles. The Hall–Kier alpha value is -0.770. The lowest BCUT2D eigenvalue weighted by molar-refractivity contribution is 0.136. The molecule has 0 saturated heterocycles. The van der Waals surface area contributed by atoms with Crippen LogP contribution in [0.5, 0.6) is 0 Å². The summed E-state index contributed by atoms with van der Waals surface area (Å²) >= 11 is 0. The molecule has 17 heavy (non-hydrogen) atoms. The standard InChI is InChI=1S/C13H27N3O/c1-5-14-12(16-13(2,3)4)15-9-10-7-6-8-11(10)17/h10-11,17H,5-9H2,1-4H3,(H2,14,15,16). The van der Waals surface area contributed by atoms with E-state index in [-0.39, 0.29) is 11.6 Å². The summed E-state index contributed by atoms with van der Waals surface area (Å²) in [4.78, 5) is 4.57. The van der Waals surface area contributed by atoms with Crippen molar-refractivity contribution in [2.24, 2.45) is 10.9 Å². The minimum Gasteiger partial charge on any atom is -0.393 e. The van der Waals surface area contributed by atoms with Gasteiger partial charge in [-0.25, -0.2) is 0 Å². The minimum atomic E-state index is -0.156. The van der Waals surface area contributed by atoms with Crippen LogP contribution in [0.2, 0.25) is 0 Å². The molecule has 2 unspecified atom stereocenters. The summed E-state index contributed by atoms with van der Waals surface area (Å²) in [5, 5.41) is 16.3. The lowest BCUT2D eigenvalue weighted by Gasteiger charge is -2.24. The van der Waals surface area contributed by atoms with E-state index in [9.17, 15) is 5.11 Å². The molecule has 0 amide bonds. The zero-order chi connectivity index (χ0) is 12.9. The molecule has 4 heteroatoms. The van der Waals surface area contributed by atoms with Crippen molar-refractivity contribution in [2.75, 3.05) is 13.1 Å². The first-order valence-corrected chi connectivity index (χ1v) is 6.67. The van der Waals surface area contributed by atoms with Gasteiger partial charge in [0.25, 0.3) is 0 Å². The van der Waals surface area contributed by atoms with Crippen LogP contribution in [0.15, 0.2) is 4.99 Å². The second kappa shape index (κ2) is 6.24. The van der Waals surface area contributed by atoms with E-state index in [2.05, 4.69) is 43.3 Å². The van der Waals surface area contributed by atoms with Gasteiger partial charge in [0.2, 0.25) is 0 Å². The normalized spacial score (nSPS) is 26.1.